The van der Waals surface area contributed by atoms with E-state index in [9.17, 15) is 0 Å². The van der Waals surface area contributed by atoms with E-state index in [0.717, 1.165) is 82.2 Å². The number of pyridine rings is 1. The SMILES string of the molecule is CCN1CCN(c2cc(C)nc(N3CCN(c4ccccn4)CC3)n2)CC1. The van der Waals surface area contributed by atoms with Crippen LogP contribution in [0.5, 0.6) is 0 Å². The van der Waals surface area contributed by atoms with Crippen LogP contribution >= 0.6 is 0 Å². The average Bonchev–Trinajstić information content (AvgIpc) is 2.74. The number of rotatable bonds is 4. The number of hydrogen-bond acceptors (Lipinski definition) is 7. The second kappa shape index (κ2) is 8.08. The maximum Gasteiger partial charge on any atom is 0.227 e. The summed E-state index contributed by atoms with van der Waals surface area (Å²) in [5.74, 6) is 2.99. The van der Waals surface area contributed by atoms with Gasteiger partial charge in [-0.2, -0.15) is 4.98 Å². The Morgan fingerprint density at radius 1 is 0.815 bits per heavy atom. The minimum absolute atomic E-state index is 0.864. The zero-order valence-corrected chi connectivity index (χ0v) is 16.4. The molecule has 2 aromatic rings. The predicted molar refractivity (Wildman–Crippen MR) is 110 cm³/mol. The van der Waals surface area contributed by atoms with Crippen LogP contribution in [0, 0.1) is 6.92 Å². The maximum atomic E-state index is 4.92. The fraction of sp³-hybridized carbons (Fsp3) is 0.550. The molecule has 7 heteroatoms. The van der Waals surface area contributed by atoms with Gasteiger partial charge in [-0.3, -0.25) is 0 Å². The van der Waals surface area contributed by atoms with Crippen molar-refractivity contribution < 1.29 is 0 Å². The molecule has 2 aliphatic rings. The summed E-state index contributed by atoms with van der Waals surface area (Å²) >= 11 is 0. The van der Waals surface area contributed by atoms with Crippen LogP contribution in [0.1, 0.15) is 12.6 Å². The normalized spacial score (nSPS) is 18.8. The van der Waals surface area contributed by atoms with Crippen molar-refractivity contribution >= 4 is 17.6 Å². The van der Waals surface area contributed by atoms with E-state index in [1.165, 1.54) is 0 Å². The molecule has 4 heterocycles. The molecule has 0 saturated carbocycles. The number of aromatic nitrogens is 3. The van der Waals surface area contributed by atoms with Crippen LogP contribution in [0.4, 0.5) is 17.6 Å². The summed E-state index contributed by atoms with van der Waals surface area (Å²) in [5.41, 5.74) is 1.04. The van der Waals surface area contributed by atoms with E-state index in [2.05, 4.69) is 50.6 Å². The van der Waals surface area contributed by atoms with Crippen LogP contribution in [0.15, 0.2) is 30.5 Å². The van der Waals surface area contributed by atoms with Gasteiger partial charge >= 0.3 is 0 Å². The molecular weight excluding hydrogens is 338 g/mol. The third-order valence-electron chi connectivity index (χ3n) is 5.51. The van der Waals surface area contributed by atoms with Gasteiger partial charge in [0.15, 0.2) is 0 Å². The monoisotopic (exact) mass is 367 g/mol. The van der Waals surface area contributed by atoms with Gasteiger partial charge in [-0.1, -0.05) is 13.0 Å². The van der Waals surface area contributed by atoms with Crippen molar-refractivity contribution in [2.75, 3.05) is 73.6 Å². The fourth-order valence-corrected chi connectivity index (χ4v) is 3.81. The van der Waals surface area contributed by atoms with E-state index in [0.29, 0.717) is 0 Å². The van der Waals surface area contributed by atoms with Crippen molar-refractivity contribution in [3.63, 3.8) is 0 Å². The van der Waals surface area contributed by atoms with Gasteiger partial charge in [-0.05, 0) is 25.6 Å². The predicted octanol–water partition coefficient (Wildman–Crippen LogP) is 1.65. The van der Waals surface area contributed by atoms with Crippen molar-refractivity contribution in [1.29, 1.82) is 0 Å². The first kappa shape index (κ1) is 18.0. The highest BCUT2D eigenvalue weighted by Gasteiger charge is 2.22. The van der Waals surface area contributed by atoms with Crippen LogP contribution in [0.2, 0.25) is 0 Å². The average molecular weight is 368 g/mol. The molecule has 2 aliphatic heterocycles. The second-order valence-electron chi connectivity index (χ2n) is 7.25. The van der Waals surface area contributed by atoms with Gasteiger partial charge in [-0.25, -0.2) is 9.97 Å². The molecule has 7 nitrogen and oxygen atoms in total. The number of aryl methyl sites for hydroxylation is 1. The zero-order chi connectivity index (χ0) is 18.6. The smallest absolute Gasteiger partial charge is 0.227 e. The first-order valence-electron chi connectivity index (χ1n) is 9.97. The van der Waals surface area contributed by atoms with Crippen molar-refractivity contribution in [2.24, 2.45) is 0 Å². The lowest BCUT2D eigenvalue weighted by Gasteiger charge is -2.37. The molecule has 0 aliphatic carbocycles. The van der Waals surface area contributed by atoms with E-state index in [1.54, 1.807) is 0 Å². The molecule has 0 aromatic carbocycles. The lowest BCUT2D eigenvalue weighted by molar-refractivity contribution is 0.270. The van der Waals surface area contributed by atoms with Crippen molar-refractivity contribution in [3.8, 4) is 0 Å². The van der Waals surface area contributed by atoms with Gasteiger partial charge in [0.05, 0.1) is 0 Å². The summed E-state index contributed by atoms with van der Waals surface area (Å²) in [6.07, 6.45) is 1.86. The van der Waals surface area contributed by atoms with Crippen molar-refractivity contribution in [3.05, 3.63) is 36.2 Å². The Morgan fingerprint density at radius 2 is 1.48 bits per heavy atom. The molecule has 144 valence electrons. The first-order valence-corrected chi connectivity index (χ1v) is 9.97. The van der Waals surface area contributed by atoms with Gasteiger partial charge < -0.3 is 19.6 Å². The second-order valence-corrected chi connectivity index (χ2v) is 7.25. The molecule has 4 rings (SSSR count). The molecule has 0 bridgehead atoms. The highest BCUT2D eigenvalue weighted by Crippen LogP contribution is 2.21. The lowest BCUT2D eigenvalue weighted by atomic mass is 10.3. The lowest BCUT2D eigenvalue weighted by Crippen LogP contribution is -2.48. The standard InChI is InChI=1S/C20H29N7/c1-3-24-8-10-26(11-9-24)19-16-17(2)22-20(23-19)27-14-12-25(13-15-27)18-6-4-5-7-21-18/h4-7,16H,3,8-15H2,1-2H3. The van der Waals surface area contributed by atoms with Crippen molar-refractivity contribution in [2.45, 2.75) is 13.8 Å². The van der Waals surface area contributed by atoms with Crippen LogP contribution in [0.25, 0.3) is 0 Å². The van der Waals surface area contributed by atoms with Gasteiger partial charge in [0.1, 0.15) is 11.6 Å². The molecule has 0 amide bonds. The Balaban J connectivity index is 1.43. The number of anilines is 3. The van der Waals surface area contributed by atoms with E-state index in [-0.39, 0.29) is 0 Å². The molecule has 2 aromatic heterocycles. The largest absolute Gasteiger partial charge is 0.354 e. The molecule has 0 unspecified atom stereocenters. The van der Waals surface area contributed by atoms with Gasteiger partial charge in [0.2, 0.25) is 5.95 Å². The van der Waals surface area contributed by atoms with E-state index in [1.807, 2.05) is 18.3 Å². The minimum Gasteiger partial charge on any atom is -0.354 e. The number of nitrogens with zero attached hydrogens (tertiary/aromatic N) is 7. The third kappa shape index (κ3) is 4.13. The molecule has 27 heavy (non-hydrogen) atoms. The Labute approximate surface area is 161 Å². The van der Waals surface area contributed by atoms with Crippen LogP contribution in [-0.2, 0) is 0 Å². The molecule has 2 fully saturated rings. The first-order chi connectivity index (χ1) is 13.2. The molecular formula is C20H29N7. The maximum absolute atomic E-state index is 4.92. The van der Waals surface area contributed by atoms with Crippen LogP contribution < -0.4 is 14.7 Å². The molecule has 0 atom stereocenters. The highest BCUT2D eigenvalue weighted by atomic mass is 15.4. The minimum atomic E-state index is 0.864. The molecule has 0 radical (unpaired) electrons. The van der Waals surface area contributed by atoms with Crippen LogP contribution in [-0.4, -0.2) is 78.8 Å². The van der Waals surface area contributed by atoms with Gasteiger partial charge in [0.25, 0.3) is 0 Å². The Hall–Kier alpha value is -2.41. The third-order valence-corrected chi connectivity index (χ3v) is 5.51. The van der Waals surface area contributed by atoms with Gasteiger partial charge in [0, 0.05) is 70.3 Å². The Kier molecular flexibility index (Phi) is 5.38. The summed E-state index contributed by atoms with van der Waals surface area (Å²) in [7, 11) is 0. The summed E-state index contributed by atoms with van der Waals surface area (Å²) in [5, 5.41) is 0. The van der Waals surface area contributed by atoms with Crippen LogP contribution in [0.3, 0.4) is 0 Å². The molecule has 0 N–H and O–H groups in total. The zero-order valence-electron chi connectivity index (χ0n) is 16.4. The van der Waals surface area contributed by atoms with E-state index in [4.69, 9.17) is 9.97 Å². The molecule has 0 spiro atoms. The number of hydrogen-bond donors (Lipinski definition) is 0. The van der Waals surface area contributed by atoms with Gasteiger partial charge in [-0.15, -0.1) is 0 Å². The fourth-order valence-electron chi connectivity index (χ4n) is 3.81. The van der Waals surface area contributed by atoms with E-state index >= 15 is 0 Å². The Bertz CT molecular complexity index is 735. The number of likely N-dealkylation sites (N-methyl/N-ethyl adjacent to an activating group) is 1. The number of piperazine rings is 2. The summed E-state index contributed by atoms with van der Waals surface area (Å²) in [6, 6.07) is 8.20. The van der Waals surface area contributed by atoms with E-state index < -0.39 is 0 Å². The highest BCUT2D eigenvalue weighted by molar-refractivity contribution is 5.48. The Morgan fingerprint density at radius 3 is 2.15 bits per heavy atom. The molecule has 2 saturated heterocycles. The summed E-state index contributed by atoms with van der Waals surface area (Å²) in [4.78, 5) is 23.6. The summed E-state index contributed by atoms with van der Waals surface area (Å²) in [6.45, 7) is 13.4. The topological polar surface area (TPSA) is 51.6 Å². The van der Waals surface area contributed by atoms with Crippen molar-refractivity contribution in [1.82, 2.24) is 19.9 Å². The summed E-state index contributed by atoms with van der Waals surface area (Å²) < 4.78 is 0. The quantitative estimate of drug-likeness (QED) is 0.814.